The number of aromatic nitrogens is 1. The summed E-state index contributed by atoms with van der Waals surface area (Å²) >= 11 is 0. The first-order chi connectivity index (χ1) is 10.7. The van der Waals surface area contributed by atoms with Gasteiger partial charge in [0, 0.05) is 37.4 Å². The van der Waals surface area contributed by atoms with Gasteiger partial charge in [-0.15, -0.1) is 0 Å². The third kappa shape index (κ3) is 2.74. The quantitative estimate of drug-likeness (QED) is 0.915. The Morgan fingerprint density at radius 3 is 2.50 bits per heavy atom. The number of hydrogen-bond donors (Lipinski definition) is 1. The molecule has 22 heavy (non-hydrogen) atoms. The number of hydrogen-bond acceptors (Lipinski definition) is 4. The van der Waals surface area contributed by atoms with E-state index >= 15 is 0 Å². The number of H-pyrrole nitrogens is 1. The molecule has 1 aliphatic heterocycles. The molecule has 1 N–H and O–H groups in total. The van der Waals surface area contributed by atoms with E-state index in [1.807, 2.05) is 24.3 Å². The number of piperazine rings is 1. The fourth-order valence-corrected chi connectivity index (χ4v) is 2.74. The maximum absolute atomic E-state index is 11.9. The summed E-state index contributed by atoms with van der Waals surface area (Å²) in [6.07, 6.45) is 0. The Hall–Kier alpha value is -2.58. The summed E-state index contributed by atoms with van der Waals surface area (Å²) in [7, 11) is 2.13. The number of pyridine rings is 1. The van der Waals surface area contributed by atoms with Gasteiger partial charge in [-0.3, -0.25) is 4.79 Å². The highest BCUT2D eigenvalue weighted by atomic mass is 16.1. The Balaban J connectivity index is 2.00. The fourth-order valence-electron chi connectivity index (χ4n) is 2.74. The first-order valence-corrected chi connectivity index (χ1v) is 7.35. The van der Waals surface area contributed by atoms with Gasteiger partial charge in [0.2, 0.25) is 0 Å². The van der Waals surface area contributed by atoms with Crippen LogP contribution < -0.4 is 10.5 Å². The highest BCUT2D eigenvalue weighted by Gasteiger charge is 2.17. The van der Waals surface area contributed by atoms with E-state index in [-0.39, 0.29) is 11.1 Å². The Bertz CT molecular complexity index is 767. The minimum Gasteiger partial charge on any atom is -0.368 e. The molecule has 2 heterocycles. The number of nitrogens with zero attached hydrogens (tertiary/aromatic N) is 3. The second-order valence-electron chi connectivity index (χ2n) is 5.53. The first kappa shape index (κ1) is 14.4. The second kappa shape index (κ2) is 6.04. The lowest BCUT2D eigenvalue weighted by Crippen LogP contribution is -2.44. The van der Waals surface area contributed by atoms with E-state index in [1.165, 1.54) is 0 Å². The molecule has 112 valence electrons. The summed E-state index contributed by atoms with van der Waals surface area (Å²) < 4.78 is 0. The molecule has 1 fully saturated rings. The van der Waals surface area contributed by atoms with Crippen molar-refractivity contribution < 1.29 is 0 Å². The van der Waals surface area contributed by atoms with Crippen LogP contribution in [-0.4, -0.2) is 43.1 Å². The number of likely N-dealkylation sites (N-methyl/N-ethyl adjacent to an activating group) is 1. The molecule has 0 aliphatic carbocycles. The van der Waals surface area contributed by atoms with Crippen LogP contribution in [0.4, 0.5) is 5.69 Å². The molecule has 0 radical (unpaired) electrons. The first-order valence-electron chi connectivity index (χ1n) is 7.35. The molecule has 5 heteroatoms. The fraction of sp³-hybridized carbons (Fsp3) is 0.294. The monoisotopic (exact) mass is 294 g/mol. The molecule has 0 amide bonds. The van der Waals surface area contributed by atoms with Gasteiger partial charge in [0.15, 0.2) is 0 Å². The van der Waals surface area contributed by atoms with E-state index in [0.29, 0.717) is 0 Å². The maximum Gasteiger partial charge on any atom is 0.266 e. The minimum absolute atomic E-state index is 0.140. The number of rotatable bonds is 2. The topological polar surface area (TPSA) is 63.1 Å². The average Bonchev–Trinajstić information content (AvgIpc) is 2.55. The predicted molar refractivity (Wildman–Crippen MR) is 86.9 cm³/mol. The minimum atomic E-state index is -0.340. The van der Waals surface area contributed by atoms with Gasteiger partial charge in [-0.25, -0.2) is 0 Å². The van der Waals surface area contributed by atoms with Crippen LogP contribution >= 0.6 is 0 Å². The normalized spacial score (nSPS) is 15.5. The van der Waals surface area contributed by atoms with Crippen molar-refractivity contribution in [1.82, 2.24) is 9.88 Å². The van der Waals surface area contributed by atoms with Crippen LogP contribution in [0.25, 0.3) is 11.3 Å². The Morgan fingerprint density at radius 2 is 1.82 bits per heavy atom. The number of nitriles is 1. The molecular weight excluding hydrogens is 276 g/mol. The molecule has 1 aliphatic rings. The van der Waals surface area contributed by atoms with Gasteiger partial charge in [-0.1, -0.05) is 18.2 Å². The number of nitrogens with one attached hydrogen (secondary N) is 1. The lowest BCUT2D eigenvalue weighted by molar-refractivity contribution is 0.313. The molecular formula is C17H18N4O. The molecule has 1 aromatic heterocycles. The number of para-hydroxylation sites is 1. The van der Waals surface area contributed by atoms with Crippen LogP contribution in [0.5, 0.6) is 0 Å². The Labute approximate surface area is 129 Å². The molecule has 1 aromatic carbocycles. The molecule has 1 saturated heterocycles. The second-order valence-corrected chi connectivity index (χ2v) is 5.53. The Kier molecular flexibility index (Phi) is 3.94. The molecule has 5 nitrogen and oxygen atoms in total. The zero-order chi connectivity index (χ0) is 15.5. The zero-order valence-corrected chi connectivity index (χ0v) is 12.5. The number of aromatic amines is 1. The summed E-state index contributed by atoms with van der Waals surface area (Å²) in [6, 6.07) is 13.3. The van der Waals surface area contributed by atoms with E-state index in [4.69, 9.17) is 5.26 Å². The lowest BCUT2D eigenvalue weighted by atomic mass is 10.1. The van der Waals surface area contributed by atoms with Crippen molar-refractivity contribution in [3.63, 3.8) is 0 Å². The molecule has 3 rings (SSSR count). The van der Waals surface area contributed by atoms with Crippen LogP contribution in [0, 0.1) is 11.3 Å². The Morgan fingerprint density at radius 1 is 1.09 bits per heavy atom. The van der Waals surface area contributed by atoms with Gasteiger partial charge in [0.1, 0.15) is 11.6 Å². The molecule has 2 aromatic rings. The number of anilines is 1. The highest BCUT2D eigenvalue weighted by molar-refractivity contribution is 5.76. The molecule has 0 bridgehead atoms. The third-order valence-corrected chi connectivity index (χ3v) is 4.07. The molecule has 0 unspecified atom stereocenters. The van der Waals surface area contributed by atoms with Gasteiger partial charge in [-0.05, 0) is 25.2 Å². The predicted octanol–water partition coefficient (Wildman–Crippen LogP) is 1.67. The van der Waals surface area contributed by atoms with Crippen LogP contribution in [0.2, 0.25) is 0 Å². The summed E-state index contributed by atoms with van der Waals surface area (Å²) in [5.41, 5.74) is 2.66. The van der Waals surface area contributed by atoms with Gasteiger partial charge < -0.3 is 14.8 Å². The molecule has 0 atom stereocenters. The van der Waals surface area contributed by atoms with E-state index in [2.05, 4.69) is 27.9 Å². The standard InChI is InChI=1S/C17H18N4O/c1-20-8-10-21(11-9-20)16-5-3-2-4-14(16)15-7-6-13(12-18)17(22)19-15/h2-7H,8-11H2,1H3,(H,19,22). The van der Waals surface area contributed by atoms with E-state index in [9.17, 15) is 4.79 Å². The van der Waals surface area contributed by atoms with Crippen molar-refractivity contribution >= 4 is 5.69 Å². The summed E-state index contributed by atoms with van der Waals surface area (Å²) in [5, 5.41) is 8.88. The van der Waals surface area contributed by atoms with E-state index < -0.39 is 0 Å². The maximum atomic E-state index is 11.9. The van der Waals surface area contributed by atoms with Crippen molar-refractivity contribution in [3.05, 3.63) is 52.3 Å². The summed E-state index contributed by atoms with van der Waals surface area (Å²) in [5.74, 6) is 0. The van der Waals surface area contributed by atoms with Gasteiger partial charge >= 0.3 is 0 Å². The van der Waals surface area contributed by atoms with Crippen molar-refractivity contribution in [1.29, 1.82) is 5.26 Å². The average molecular weight is 294 g/mol. The van der Waals surface area contributed by atoms with Crippen LogP contribution in [0.3, 0.4) is 0 Å². The van der Waals surface area contributed by atoms with E-state index in [1.54, 1.807) is 12.1 Å². The largest absolute Gasteiger partial charge is 0.368 e. The summed E-state index contributed by atoms with van der Waals surface area (Å²) in [6.45, 7) is 3.98. The molecule has 0 spiro atoms. The van der Waals surface area contributed by atoms with Gasteiger partial charge in [-0.2, -0.15) is 5.26 Å². The van der Waals surface area contributed by atoms with Crippen molar-refractivity contribution in [3.8, 4) is 17.3 Å². The highest BCUT2D eigenvalue weighted by Crippen LogP contribution is 2.29. The lowest BCUT2D eigenvalue weighted by Gasteiger charge is -2.35. The van der Waals surface area contributed by atoms with Crippen LogP contribution in [-0.2, 0) is 0 Å². The SMILES string of the molecule is CN1CCN(c2ccccc2-c2ccc(C#N)c(=O)[nH]2)CC1. The van der Waals surface area contributed by atoms with Crippen LogP contribution in [0.1, 0.15) is 5.56 Å². The van der Waals surface area contributed by atoms with Crippen molar-refractivity contribution in [2.45, 2.75) is 0 Å². The van der Waals surface area contributed by atoms with Gasteiger partial charge in [0.05, 0.1) is 5.69 Å². The molecule has 0 saturated carbocycles. The third-order valence-electron chi connectivity index (χ3n) is 4.07. The van der Waals surface area contributed by atoms with Crippen LogP contribution in [0.15, 0.2) is 41.2 Å². The van der Waals surface area contributed by atoms with Gasteiger partial charge in [0.25, 0.3) is 5.56 Å². The zero-order valence-electron chi connectivity index (χ0n) is 12.5. The smallest absolute Gasteiger partial charge is 0.266 e. The summed E-state index contributed by atoms with van der Waals surface area (Å²) in [4.78, 5) is 19.3. The number of benzene rings is 1. The van der Waals surface area contributed by atoms with E-state index in [0.717, 1.165) is 43.1 Å². The van der Waals surface area contributed by atoms with Crippen molar-refractivity contribution in [2.75, 3.05) is 38.1 Å². The van der Waals surface area contributed by atoms with Crippen molar-refractivity contribution in [2.24, 2.45) is 0 Å².